The first-order chi connectivity index (χ1) is 15.2. The Hall–Kier alpha value is -2.49. The molecule has 0 amide bonds. The van der Waals surface area contributed by atoms with Crippen molar-refractivity contribution in [3.63, 3.8) is 0 Å². The van der Waals surface area contributed by atoms with Crippen molar-refractivity contribution >= 4 is 5.97 Å². The Morgan fingerprint density at radius 1 is 0.774 bits per heavy atom. The van der Waals surface area contributed by atoms with Crippen molar-refractivity contribution in [2.45, 2.75) is 65.2 Å². The SMILES string of the molecule is CCCC1CCC(CCCOc2ccc(OC(=O)c3ccc(OCC)cc3)cc2)CC1. The van der Waals surface area contributed by atoms with Gasteiger partial charge in [-0.05, 0) is 80.1 Å². The zero-order valence-electron chi connectivity index (χ0n) is 19.0. The zero-order valence-corrected chi connectivity index (χ0v) is 19.0. The van der Waals surface area contributed by atoms with E-state index in [-0.39, 0.29) is 5.97 Å². The quantitative estimate of drug-likeness (QED) is 0.220. The van der Waals surface area contributed by atoms with Crippen LogP contribution in [0.1, 0.15) is 75.6 Å². The van der Waals surface area contributed by atoms with Gasteiger partial charge < -0.3 is 14.2 Å². The van der Waals surface area contributed by atoms with Crippen LogP contribution >= 0.6 is 0 Å². The van der Waals surface area contributed by atoms with Gasteiger partial charge in [0.25, 0.3) is 0 Å². The van der Waals surface area contributed by atoms with Gasteiger partial charge in [-0.25, -0.2) is 4.79 Å². The van der Waals surface area contributed by atoms with Crippen LogP contribution in [0.15, 0.2) is 48.5 Å². The second-order valence-electron chi connectivity index (χ2n) is 8.48. The number of carbonyl (C=O) groups excluding carboxylic acids is 1. The molecule has 1 saturated carbocycles. The molecule has 31 heavy (non-hydrogen) atoms. The first-order valence-electron chi connectivity index (χ1n) is 11.9. The van der Waals surface area contributed by atoms with Crippen molar-refractivity contribution < 1.29 is 19.0 Å². The van der Waals surface area contributed by atoms with Crippen LogP contribution in [0.2, 0.25) is 0 Å². The molecule has 0 N–H and O–H groups in total. The molecule has 0 bridgehead atoms. The number of benzene rings is 2. The van der Waals surface area contributed by atoms with Gasteiger partial charge in [-0.2, -0.15) is 0 Å². The van der Waals surface area contributed by atoms with Crippen molar-refractivity contribution in [3.05, 3.63) is 54.1 Å². The maximum atomic E-state index is 12.3. The molecule has 0 heterocycles. The summed E-state index contributed by atoms with van der Waals surface area (Å²) >= 11 is 0. The lowest BCUT2D eigenvalue weighted by Gasteiger charge is -2.28. The average molecular weight is 425 g/mol. The molecule has 2 aromatic carbocycles. The first kappa shape index (κ1) is 23.2. The molecule has 0 atom stereocenters. The van der Waals surface area contributed by atoms with Crippen LogP contribution in [0.5, 0.6) is 17.2 Å². The Bertz CT molecular complexity index is 774. The van der Waals surface area contributed by atoms with Gasteiger partial charge >= 0.3 is 5.97 Å². The standard InChI is InChI=1S/C27H36O4/c1-3-6-21-8-10-22(11-9-21)7-5-20-30-25-16-18-26(19-17-25)31-27(28)23-12-14-24(15-13-23)29-4-2/h12-19,21-22H,3-11,20H2,1-2H3. The van der Waals surface area contributed by atoms with E-state index in [4.69, 9.17) is 14.2 Å². The summed E-state index contributed by atoms with van der Waals surface area (Å²) in [4.78, 5) is 12.3. The summed E-state index contributed by atoms with van der Waals surface area (Å²) in [6.07, 6.45) is 10.7. The summed E-state index contributed by atoms with van der Waals surface area (Å²) in [5.41, 5.74) is 0.493. The lowest BCUT2D eigenvalue weighted by molar-refractivity contribution is 0.0734. The molecular formula is C27H36O4. The smallest absolute Gasteiger partial charge is 0.343 e. The van der Waals surface area contributed by atoms with Gasteiger partial charge in [-0.15, -0.1) is 0 Å². The molecule has 2 aromatic rings. The summed E-state index contributed by atoms with van der Waals surface area (Å²) in [6, 6.07) is 14.2. The number of rotatable bonds is 11. The minimum atomic E-state index is -0.384. The fourth-order valence-corrected chi connectivity index (χ4v) is 4.40. The van der Waals surface area contributed by atoms with Crippen LogP contribution in [0.4, 0.5) is 0 Å². The molecule has 0 radical (unpaired) electrons. The fourth-order valence-electron chi connectivity index (χ4n) is 4.40. The van der Waals surface area contributed by atoms with Crippen LogP contribution in [-0.4, -0.2) is 19.2 Å². The Morgan fingerprint density at radius 2 is 1.32 bits per heavy atom. The third-order valence-corrected chi connectivity index (χ3v) is 6.12. The molecule has 1 fully saturated rings. The molecule has 4 nitrogen and oxygen atoms in total. The highest BCUT2D eigenvalue weighted by molar-refractivity contribution is 5.91. The molecule has 0 unspecified atom stereocenters. The highest BCUT2D eigenvalue weighted by Crippen LogP contribution is 2.33. The molecule has 4 heteroatoms. The van der Waals surface area contributed by atoms with Gasteiger partial charge in [-0.3, -0.25) is 0 Å². The summed E-state index contributed by atoms with van der Waals surface area (Å²) in [5, 5.41) is 0. The van der Waals surface area contributed by atoms with Crippen LogP contribution in [0, 0.1) is 11.8 Å². The molecule has 1 aliphatic carbocycles. The van der Waals surface area contributed by atoms with E-state index in [1.807, 2.05) is 19.1 Å². The highest BCUT2D eigenvalue weighted by Gasteiger charge is 2.20. The molecule has 0 aromatic heterocycles. The second-order valence-corrected chi connectivity index (χ2v) is 8.48. The van der Waals surface area contributed by atoms with Gasteiger partial charge in [0.05, 0.1) is 18.8 Å². The van der Waals surface area contributed by atoms with Gasteiger partial charge in [0.2, 0.25) is 0 Å². The highest BCUT2D eigenvalue weighted by atomic mass is 16.5. The van der Waals surface area contributed by atoms with E-state index in [9.17, 15) is 4.79 Å². The predicted molar refractivity (Wildman–Crippen MR) is 124 cm³/mol. The summed E-state index contributed by atoms with van der Waals surface area (Å²) in [7, 11) is 0. The Morgan fingerprint density at radius 3 is 1.94 bits per heavy atom. The largest absolute Gasteiger partial charge is 0.494 e. The minimum Gasteiger partial charge on any atom is -0.494 e. The average Bonchev–Trinajstić information content (AvgIpc) is 2.80. The van der Waals surface area contributed by atoms with E-state index in [2.05, 4.69) is 6.92 Å². The lowest BCUT2D eigenvalue weighted by Crippen LogP contribution is -2.15. The van der Waals surface area contributed by atoms with E-state index in [0.29, 0.717) is 17.9 Å². The molecule has 1 aliphatic rings. The van der Waals surface area contributed by atoms with Crippen LogP contribution in [0.3, 0.4) is 0 Å². The van der Waals surface area contributed by atoms with Crippen LogP contribution in [-0.2, 0) is 0 Å². The summed E-state index contributed by atoms with van der Waals surface area (Å²) in [6.45, 7) is 5.55. The third-order valence-electron chi connectivity index (χ3n) is 6.12. The number of ether oxygens (including phenoxy) is 3. The molecule has 3 rings (SSSR count). The Labute approximate surface area is 186 Å². The fraction of sp³-hybridized carbons (Fsp3) is 0.519. The molecule has 0 aliphatic heterocycles. The monoisotopic (exact) mass is 424 g/mol. The Balaban J connectivity index is 1.36. The van der Waals surface area contributed by atoms with Gasteiger partial charge in [0, 0.05) is 0 Å². The zero-order chi connectivity index (χ0) is 21.9. The second kappa shape index (κ2) is 12.4. The minimum absolute atomic E-state index is 0.384. The van der Waals surface area contributed by atoms with Crippen molar-refractivity contribution in [2.75, 3.05) is 13.2 Å². The number of hydrogen-bond donors (Lipinski definition) is 0. The predicted octanol–water partition coefficient (Wildman–Crippen LogP) is 7.07. The maximum absolute atomic E-state index is 12.3. The lowest BCUT2D eigenvalue weighted by atomic mass is 9.78. The molecule has 0 saturated heterocycles. The van der Waals surface area contributed by atoms with E-state index in [1.165, 1.54) is 44.9 Å². The van der Waals surface area contributed by atoms with Crippen LogP contribution in [0.25, 0.3) is 0 Å². The van der Waals surface area contributed by atoms with Crippen molar-refractivity contribution in [3.8, 4) is 17.2 Å². The summed E-state index contributed by atoms with van der Waals surface area (Å²) < 4.78 is 16.7. The molecule has 0 spiro atoms. The van der Waals surface area contributed by atoms with Gasteiger partial charge in [-0.1, -0.05) is 45.4 Å². The van der Waals surface area contributed by atoms with Gasteiger partial charge in [0.15, 0.2) is 0 Å². The van der Waals surface area contributed by atoms with E-state index < -0.39 is 0 Å². The third kappa shape index (κ3) is 7.61. The first-order valence-corrected chi connectivity index (χ1v) is 11.9. The normalized spacial score (nSPS) is 18.4. The van der Waals surface area contributed by atoms with Crippen molar-refractivity contribution in [1.29, 1.82) is 0 Å². The number of hydrogen-bond acceptors (Lipinski definition) is 4. The Kier molecular flexibility index (Phi) is 9.26. The topological polar surface area (TPSA) is 44.8 Å². The van der Waals surface area contributed by atoms with E-state index >= 15 is 0 Å². The maximum Gasteiger partial charge on any atom is 0.343 e. The van der Waals surface area contributed by atoms with E-state index in [1.54, 1.807) is 36.4 Å². The van der Waals surface area contributed by atoms with E-state index in [0.717, 1.165) is 36.4 Å². The van der Waals surface area contributed by atoms with Crippen molar-refractivity contribution in [2.24, 2.45) is 11.8 Å². The number of esters is 1. The summed E-state index contributed by atoms with van der Waals surface area (Å²) in [5.74, 6) is 3.53. The molecule has 168 valence electrons. The van der Waals surface area contributed by atoms with Gasteiger partial charge in [0.1, 0.15) is 17.2 Å². The van der Waals surface area contributed by atoms with Crippen LogP contribution < -0.4 is 14.2 Å². The number of carbonyl (C=O) groups is 1. The molecular weight excluding hydrogens is 388 g/mol. The van der Waals surface area contributed by atoms with Crippen molar-refractivity contribution in [1.82, 2.24) is 0 Å².